The summed E-state index contributed by atoms with van der Waals surface area (Å²) < 4.78 is 8.57. The molecule has 4 heterocycles. The Morgan fingerprint density at radius 1 is 1.15 bits per heavy atom. The van der Waals surface area contributed by atoms with E-state index in [9.17, 15) is 4.79 Å². The van der Waals surface area contributed by atoms with Gasteiger partial charge in [0.1, 0.15) is 0 Å². The van der Waals surface area contributed by atoms with Crippen molar-refractivity contribution in [2.75, 3.05) is 33.2 Å². The van der Waals surface area contributed by atoms with Crippen molar-refractivity contribution in [2.45, 2.75) is 44.4 Å². The lowest BCUT2D eigenvalue weighted by Crippen LogP contribution is -2.45. The van der Waals surface area contributed by atoms with Gasteiger partial charge in [-0.15, -0.1) is 0 Å². The van der Waals surface area contributed by atoms with Crippen LogP contribution in [0.2, 0.25) is 5.02 Å². The molecule has 6 heteroatoms. The van der Waals surface area contributed by atoms with Gasteiger partial charge in [-0.2, -0.15) is 0 Å². The molecule has 3 aliphatic rings. The molecule has 34 heavy (non-hydrogen) atoms. The highest BCUT2D eigenvalue weighted by Crippen LogP contribution is 2.44. The molecule has 5 nitrogen and oxygen atoms in total. The van der Waals surface area contributed by atoms with E-state index >= 15 is 0 Å². The quantitative estimate of drug-likeness (QED) is 0.514. The van der Waals surface area contributed by atoms with Crippen molar-refractivity contribution in [3.8, 4) is 0 Å². The first-order chi connectivity index (χ1) is 16.5. The third-order valence-electron chi connectivity index (χ3n) is 8.12. The fraction of sp³-hybridized carbons (Fsp3) is 0.464. The van der Waals surface area contributed by atoms with Crippen molar-refractivity contribution in [1.82, 2.24) is 14.4 Å². The van der Waals surface area contributed by atoms with Gasteiger partial charge in [0.25, 0.3) is 5.91 Å². The molecule has 2 fully saturated rings. The Balaban J connectivity index is 1.24. The summed E-state index contributed by atoms with van der Waals surface area (Å²) in [5.74, 6) is 0.707. The van der Waals surface area contributed by atoms with Crippen LogP contribution < -0.4 is 0 Å². The van der Waals surface area contributed by atoms with Gasteiger partial charge in [0.15, 0.2) is 0 Å². The van der Waals surface area contributed by atoms with Crippen molar-refractivity contribution in [2.24, 2.45) is 5.92 Å². The normalized spacial score (nSPS) is 22.4. The summed E-state index contributed by atoms with van der Waals surface area (Å²) in [7, 11) is 2.20. The second-order valence-electron chi connectivity index (χ2n) is 10.4. The number of benzene rings is 2. The lowest BCUT2D eigenvalue weighted by atomic mass is 9.83. The van der Waals surface area contributed by atoms with E-state index in [1.54, 1.807) is 0 Å². The van der Waals surface area contributed by atoms with Gasteiger partial charge in [-0.3, -0.25) is 4.79 Å². The molecule has 0 bridgehead atoms. The summed E-state index contributed by atoms with van der Waals surface area (Å²) in [4.78, 5) is 18.2. The van der Waals surface area contributed by atoms with E-state index in [0.29, 0.717) is 30.6 Å². The number of fused-ring (bicyclic) bond motifs is 3. The molecule has 1 aromatic heterocycles. The molecule has 1 atom stereocenters. The van der Waals surface area contributed by atoms with E-state index in [1.807, 2.05) is 23.1 Å². The van der Waals surface area contributed by atoms with Gasteiger partial charge in [-0.1, -0.05) is 41.9 Å². The summed E-state index contributed by atoms with van der Waals surface area (Å²) in [5.41, 5.74) is 4.22. The maximum absolute atomic E-state index is 13.7. The van der Waals surface area contributed by atoms with Crippen molar-refractivity contribution in [3.63, 3.8) is 0 Å². The fourth-order valence-electron chi connectivity index (χ4n) is 6.33. The Kier molecular flexibility index (Phi) is 5.67. The van der Waals surface area contributed by atoms with Gasteiger partial charge in [-0.25, -0.2) is 0 Å². The highest BCUT2D eigenvalue weighted by molar-refractivity contribution is 6.31. The molecule has 2 aromatic carbocycles. The maximum atomic E-state index is 13.7. The van der Waals surface area contributed by atoms with Crippen LogP contribution in [0.5, 0.6) is 0 Å². The average molecular weight is 478 g/mol. The zero-order chi connectivity index (χ0) is 23.3. The molecule has 1 amide bonds. The predicted octanol–water partition coefficient (Wildman–Crippen LogP) is 5.30. The van der Waals surface area contributed by atoms with Gasteiger partial charge in [0, 0.05) is 42.8 Å². The molecular formula is C28H32ClN3O2. The average Bonchev–Trinajstić information content (AvgIpc) is 3.38. The van der Waals surface area contributed by atoms with E-state index in [1.165, 1.54) is 30.5 Å². The largest absolute Gasteiger partial charge is 0.365 e. The molecule has 3 aromatic rings. The van der Waals surface area contributed by atoms with Crippen LogP contribution in [-0.4, -0.2) is 53.5 Å². The van der Waals surface area contributed by atoms with E-state index in [-0.39, 0.29) is 11.5 Å². The van der Waals surface area contributed by atoms with E-state index in [0.717, 1.165) is 42.4 Å². The Morgan fingerprint density at radius 3 is 2.79 bits per heavy atom. The fourth-order valence-corrected chi connectivity index (χ4v) is 6.49. The minimum atomic E-state index is -0.234. The summed E-state index contributed by atoms with van der Waals surface area (Å²) >= 11 is 6.37. The van der Waals surface area contributed by atoms with E-state index < -0.39 is 0 Å². The number of piperidine rings is 2. The van der Waals surface area contributed by atoms with Crippen molar-refractivity contribution < 1.29 is 9.53 Å². The van der Waals surface area contributed by atoms with Crippen LogP contribution in [-0.2, 0) is 23.5 Å². The minimum Gasteiger partial charge on any atom is -0.365 e. The molecule has 0 aliphatic carbocycles. The number of hydrogen-bond acceptors (Lipinski definition) is 3. The smallest absolute Gasteiger partial charge is 0.256 e. The third kappa shape index (κ3) is 3.84. The topological polar surface area (TPSA) is 37.7 Å². The number of nitrogens with zero attached hydrogens (tertiary/aromatic N) is 3. The highest BCUT2D eigenvalue weighted by atomic mass is 35.5. The molecule has 3 aliphatic heterocycles. The van der Waals surface area contributed by atoms with Crippen LogP contribution in [0, 0.1) is 5.92 Å². The number of rotatable bonds is 3. The number of hydrogen-bond donors (Lipinski definition) is 0. The molecule has 1 spiro atoms. The summed E-state index contributed by atoms with van der Waals surface area (Å²) in [6, 6.07) is 14.4. The van der Waals surface area contributed by atoms with E-state index in [2.05, 4.69) is 47.0 Å². The molecule has 6 rings (SSSR count). The maximum Gasteiger partial charge on any atom is 0.256 e. The highest BCUT2D eigenvalue weighted by Gasteiger charge is 2.43. The number of carbonyl (C=O) groups is 1. The molecule has 0 saturated carbocycles. The SMILES string of the molecule is CN1CCC[C@H](Cn2cc(C(=O)N3CCC4(CC3)OCc3ccccc34)c3ccc(Cl)cc32)C1. The number of halogens is 1. The monoisotopic (exact) mass is 477 g/mol. The van der Waals surface area contributed by atoms with Crippen LogP contribution in [0.25, 0.3) is 10.9 Å². The molecule has 178 valence electrons. The van der Waals surface area contributed by atoms with Gasteiger partial charge in [0.2, 0.25) is 0 Å². The first-order valence-electron chi connectivity index (χ1n) is 12.5. The van der Waals surface area contributed by atoms with Gasteiger partial charge < -0.3 is 19.1 Å². The summed E-state index contributed by atoms with van der Waals surface area (Å²) in [6.45, 7) is 5.28. The van der Waals surface area contributed by atoms with Crippen LogP contribution >= 0.6 is 11.6 Å². The number of amides is 1. The summed E-state index contributed by atoms with van der Waals surface area (Å²) in [6.07, 6.45) is 6.21. The van der Waals surface area contributed by atoms with Gasteiger partial charge >= 0.3 is 0 Å². The Bertz CT molecular complexity index is 1230. The first-order valence-corrected chi connectivity index (χ1v) is 12.9. The lowest BCUT2D eigenvalue weighted by Gasteiger charge is -2.39. The van der Waals surface area contributed by atoms with Crippen molar-refractivity contribution in [1.29, 1.82) is 0 Å². The lowest BCUT2D eigenvalue weighted by molar-refractivity contribution is -0.0741. The van der Waals surface area contributed by atoms with Gasteiger partial charge in [0.05, 0.1) is 23.3 Å². The Hall–Kier alpha value is -2.34. The second-order valence-corrected chi connectivity index (χ2v) is 10.8. The van der Waals surface area contributed by atoms with E-state index in [4.69, 9.17) is 16.3 Å². The molecule has 0 N–H and O–H groups in total. The number of carbonyl (C=O) groups excluding carboxylic acids is 1. The number of likely N-dealkylation sites (tertiary alicyclic amines) is 2. The summed E-state index contributed by atoms with van der Waals surface area (Å²) in [5, 5.41) is 1.71. The first kappa shape index (κ1) is 22.1. The van der Waals surface area contributed by atoms with Crippen LogP contribution in [0.4, 0.5) is 0 Å². The van der Waals surface area contributed by atoms with Crippen LogP contribution in [0.1, 0.15) is 47.2 Å². The predicted molar refractivity (Wildman–Crippen MR) is 135 cm³/mol. The Morgan fingerprint density at radius 2 is 1.97 bits per heavy atom. The van der Waals surface area contributed by atoms with Crippen molar-refractivity contribution in [3.05, 3.63) is 70.4 Å². The van der Waals surface area contributed by atoms with Gasteiger partial charge in [-0.05, 0) is 68.5 Å². The van der Waals surface area contributed by atoms with Crippen LogP contribution in [0.3, 0.4) is 0 Å². The van der Waals surface area contributed by atoms with Crippen molar-refractivity contribution >= 4 is 28.4 Å². The van der Waals surface area contributed by atoms with Crippen LogP contribution in [0.15, 0.2) is 48.7 Å². The third-order valence-corrected chi connectivity index (χ3v) is 8.36. The molecule has 0 unspecified atom stereocenters. The minimum absolute atomic E-state index is 0.118. The standard InChI is InChI=1S/C28H32ClN3O2/c1-30-12-4-5-20(16-30)17-32-18-24(23-9-8-22(29)15-26(23)32)27(33)31-13-10-28(11-14-31)25-7-3-2-6-21(25)19-34-28/h2-3,6-9,15,18,20H,4-5,10-14,16-17,19H2,1H3/t20-/m0/s1. The Labute approximate surface area is 206 Å². The molecular weight excluding hydrogens is 446 g/mol. The zero-order valence-corrected chi connectivity index (χ0v) is 20.6. The molecule has 2 saturated heterocycles. The number of aromatic nitrogens is 1. The second kappa shape index (κ2) is 8.71. The zero-order valence-electron chi connectivity index (χ0n) is 19.8. The number of ether oxygens (including phenoxy) is 1. The molecule has 0 radical (unpaired) electrons.